The molecule has 0 radical (unpaired) electrons. The molecule has 4 aromatic rings. The fourth-order valence-corrected chi connectivity index (χ4v) is 4.85. The number of carbonyl (C=O) groups excluding carboxylic acids is 1. The Morgan fingerprint density at radius 1 is 1.22 bits per heavy atom. The number of rotatable bonds is 4. The number of aromatic amines is 2. The highest BCUT2D eigenvalue weighted by Crippen LogP contribution is 2.36. The first-order valence-electron chi connectivity index (χ1n) is 8.32. The van der Waals surface area contributed by atoms with Crippen LogP contribution in [0.2, 0.25) is 0 Å². The second kappa shape index (κ2) is 6.82. The van der Waals surface area contributed by atoms with Gasteiger partial charge in [-0.05, 0) is 44.5 Å². The molecule has 3 heterocycles. The highest BCUT2D eigenvalue weighted by atomic mass is 32.2. The number of amides is 1. The molecular formula is C18H17N5O2S2. The maximum atomic E-state index is 12.6. The highest BCUT2D eigenvalue weighted by molar-refractivity contribution is 8.00. The molecule has 9 heteroatoms. The van der Waals surface area contributed by atoms with E-state index in [1.807, 2.05) is 6.92 Å². The van der Waals surface area contributed by atoms with Crippen LogP contribution in [0.15, 0.2) is 34.3 Å². The van der Waals surface area contributed by atoms with Crippen molar-refractivity contribution in [1.29, 1.82) is 0 Å². The van der Waals surface area contributed by atoms with Crippen LogP contribution >= 0.6 is 23.1 Å². The molecule has 4 rings (SSSR count). The van der Waals surface area contributed by atoms with Crippen molar-refractivity contribution in [3.05, 3.63) is 45.5 Å². The molecule has 1 amide bonds. The van der Waals surface area contributed by atoms with Crippen LogP contribution in [0.25, 0.3) is 21.3 Å². The summed E-state index contributed by atoms with van der Waals surface area (Å²) in [5.41, 5.74) is 2.87. The average molecular weight is 400 g/mol. The number of aromatic nitrogens is 4. The van der Waals surface area contributed by atoms with E-state index in [4.69, 9.17) is 0 Å². The van der Waals surface area contributed by atoms with Gasteiger partial charge >= 0.3 is 5.69 Å². The lowest BCUT2D eigenvalue weighted by Crippen LogP contribution is -2.22. The molecular weight excluding hydrogens is 382 g/mol. The minimum absolute atomic E-state index is 0.131. The number of aryl methyl sites for hydroxylation is 2. The number of hydrogen-bond donors (Lipinski definition) is 3. The summed E-state index contributed by atoms with van der Waals surface area (Å²) < 4.78 is 0. The van der Waals surface area contributed by atoms with Crippen LogP contribution < -0.4 is 11.0 Å². The molecule has 7 nitrogen and oxygen atoms in total. The molecule has 0 spiro atoms. The Bertz CT molecular complexity index is 1220. The number of H-pyrrole nitrogens is 2. The van der Waals surface area contributed by atoms with E-state index in [0.29, 0.717) is 16.7 Å². The fraction of sp³-hybridized carbons (Fsp3) is 0.222. The summed E-state index contributed by atoms with van der Waals surface area (Å²) in [6, 6.07) is 5.25. The van der Waals surface area contributed by atoms with Gasteiger partial charge in [-0.25, -0.2) is 14.8 Å². The molecule has 0 aliphatic rings. The molecule has 1 atom stereocenters. The molecule has 138 valence electrons. The summed E-state index contributed by atoms with van der Waals surface area (Å²) in [7, 11) is 0. The van der Waals surface area contributed by atoms with E-state index in [1.165, 1.54) is 16.6 Å². The second-order valence-corrected chi connectivity index (χ2v) is 8.76. The minimum atomic E-state index is -0.344. The van der Waals surface area contributed by atoms with E-state index >= 15 is 0 Å². The number of benzene rings is 1. The largest absolute Gasteiger partial charge is 0.325 e. The molecule has 3 aromatic heterocycles. The van der Waals surface area contributed by atoms with E-state index in [9.17, 15) is 9.59 Å². The van der Waals surface area contributed by atoms with Crippen molar-refractivity contribution < 1.29 is 4.79 Å². The van der Waals surface area contributed by atoms with Gasteiger partial charge in [-0.15, -0.1) is 11.3 Å². The fourth-order valence-electron chi connectivity index (χ4n) is 2.81. The molecule has 1 aromatic carbocycles. The molecule has 0 bridgehead atoms. The SMILES string of the molecule is Cc1sc2ncnc(S[C@H](C)C(=O)Nc3ccc4[nH]c(=O)[nH]c4c3)c2c1C. The quantitative estimate of drug-likeness (QED) is 0.359. The highest BCUT2D eigenvalue weighted by Gasteiger charge is 2.19. The average Bonchev–Trinajstić information content (AvgIpc) is 3.14. The van der Waals surface area contributed by atoms with Gasteiger partial charge in [0.25, 0.3) is 0 Å². The first-order valence-corrected chi connectivity index (χ1v) is 10.0. The van der Waals surface area contributed by atoms with Gasteiger partial charge < -0.3 is 15.3 Å². The molecule has 0 aliphatic heterocycles. The Morgan fingerprint density at radius 2 is 2.00 bits per heavy atom. The van der Waals surface area contributed by atoms with Gasteiger partial charge in [0.1, 0.15) is 16.2 Å². The first-order chi connectivity index (χ1) is 12.9. The lowest BCUT2D eigenvalue weighted by atomic mass is 10.2. The van der Waals surface area contributed by atoms with Gasteiger partial charge in [-0.1, -0.05) is 11.8 Å². The molecule has 0 saturated heterocycles. The Labute approximate surface area is 162 Å². The van der Waals surface area contributed by atoms with Gasteiger partial charge in [0.2, 0.25) is 5.91 Å². The Hall–Kier alpha value is -2.65. The van der Waals surface area contributed by atoms with Crippen LogP contribution in [0.5, 0.6) is 0 Å². The number of nitrogens with zero attached hydrogens (tertiary/aromatic N) is 2. The van der Waals surface area contributed by atoms with E-state index in [1.54, 1.807) is 35.9 Å². The van der Waals surface area contributed by atoms with Crippen LogP contribution in [-0.4, -0.2) is 31.1 Å². The lowest BCUT2D eigenvalue weighted by Gasteiger charge is -2.12. The maximum Gasteiger partial charge on any atom is 0.323 e. The standard InChI is InChI=1S/C18H17N5O2S2/c1-8-9(2)26-16-14(8)17(20-7-19-16)27-10(3)15(24)21-11-4-5-12-13(6-11)23-18(25)22-12/h4-7,10H,1-3H3,(H,21,24)(H2,22,23,25)/t10-/m1/s1. The normalized spacial score (nSPS) is 12.6. The second-order valence-electron chi connectivity index (χ2n) is 6.23. The number of fused-ring (bicyclic) bond motifs is 2. The lowest BCUT2D eigenvalue weighted by molar-refractivity contribution is -0.115. The van der Waals surface area contributed by atoms with Gasteiger partial charge in [0, 0.05) is 16.0 Å². The van der Waals surface area contributed by atoms with Gasteiger partial charge in [0.15, 0.2) is 0 Å². The number of nitrogens with one attached hydrogen (secondary N) is 3. The Kier molecular flexibility index (Phi) is 4.48. The Balaban J connectivity index is 1.54. The third-order valence-corrected chi connectivity index (χ3v) is 6.59. The van der Waals surface area contributed by atoms with Crippen molar-refractivity contribution in [2.45, 2.75) is 31.0 Å². The summed E-state index contributed by atoms with van der Waals surface area (Å²) in [6.07, 6.45) is 1.54. The number of carbonyl (C=O) groups is 1. The summed E-state index contributed by atoms with van der Waals surface area (Å²) in [4.78, 5) is 40.2. The maximum absolute atomic E-state index is 12.6. The summed E-state index contributed by atoms with van der Waals surface area (Å²) in [5, 5.41) is 4.39. The number of hydrogen-bond acceptors (Lipinski definition) is 6. The molecule has 0 unspecified atom stereocenters. The summed E-state index contributed by atoms with van der Waals surface area (Å²) in [5.74, 6) is -0.131. The van der Waals surface area contributed by atoms with Crippen molar-refractivity contribution in [2.24, 2.45) is 0 Å². The number of thioether (sulfide) groups is 1. The van der Waals surface area contributed by atoms with Crippen molar-refractivity contribution in [3.63, 3.8) is 0 Å². The van der Waals surface area contributed by atoms with Crippen LogP contribution in [0, 0.1) is 13.8 Å². The summed E-state index contributed by atoms with van der Waals surface area (Å²) >= 11 is 3.05. The van der Waals surface area contributed by atoms with Crippen molar-refractivity contribution in [1.82, 2.24) is 19.9 Å². The number of thiophene rings is 1. The monoisotopic (exact) mass is 399 g/mol. The Morgan fingerprint density at radius 3 is 2.81 bits per heavy atom. The third-order valence-electron chi connectivity index (χ3n) is 4.37. The molecule has 27 heavy (non-hydrogen) atoms. The first kappa shape index (κ1) is 17.7. The van der Waals surface area contributed by atoms with E-state index in [0.717, 1.165) is 20.8 Å². The molecule has 0 aliphatic carbocycles. The van der Waals surface area contributed by atoms with Crippen molar-refractivity contribution >= 4 is 55.9 Å². The van der Waals surface area contributed by atoms with Gasteiger partial charge in [-0.2, -0.15) is 0 Å². The van der Waals surface area contributed by atoms with E-state index in [2.05, 4.69) is 39.1 Å². The van der Waals surface area contributed by atoms with Gasteiger partial charge in [0.05, 0.1) is 16.3 Å². The zero-order chi connectivity index (χ0) is 19.1. The van der Waals surface area contributed by atoms with Gasteiger partial charge in [-0.3, -0.25) is 4.79 Å². The zero-order valence-electron chi connectivity index (χ0n) is 14.9. The van der Waals surface area contributed by atoms with Crippen molar-refractivity contribution in [3.8, 4) is 0 Å². The summed E-state index contributed by atoms with van der Waals surface area (Å²) in [6.45, 7) is 5.96. The number of anilines is 1. The van der Waals surface area contributed by atoms with Crippen molar-refractivity contribution in [2.75, 3.05) is 5.32 Å². The van der Waals surface area contributed by atoms with E-state index in [-0.39, 0.29) is 16.8 Å². The molecule has 3 N–H and O–H groups in total. The predicted molar refractivity (Wildman–Crippen MR) is 110 cm³/mol. The molecule has 0 fully saturated rings. The number of imidazole rings is 1. The zero-order valence-corrected chi connectivity index (χ0v) is 16.5. The van der Waals surface area contributed by atoms with Crippen LogP contribution in [0.3, 0.4) is 0 Å². The van der Waals surface area contributed by atoms with Crippen LogP contribution in [0.1, 0.15) is 17.4 Å². The van der Waals surface area contributed by atoms with Crippen LogP contribution in [-0.2, 0) is 4.79 Å². The minimum Gasteiger partial charge on any atom is -0.325 e. The van der Waals surface area contributed by atoms with E-state index < -0.39 is 0 Å². The van der Waals surface area contributed by atoms with Crippen LogP contribution in [0.4, 0.5) is 5.69 Å². The molecule has 0 saturated carbocycles. The third kappa shape index (κ3) is 3.35. The topological polar surface area (TPSA) is 104 Å². The smallest absolute Gasteiger partial charge is 0.323 e. The predicted octanol–water partition coefficient (Wildman–Crippen LogP) is 3.60.